The number of aliphatic imine (C=N–C) groups is 1. The largest absolute Gasteiger partial charge is 0.508 e. The topological polar surface area (TPSA) is 99.0 Å². The number of amides is 1. The van der Waals surface area contributed by atoms with Gasteiger partial charge in [0.2, 0.25) is 5.91 Å². The Morgan fingerprint density at radius 3 is 2.57 bits per heavy atom. The number of carbonyl (C=O) groups is 2. The number of rotatable bonds is 6. The van der Waals surface area contributed by atoms with Crippen LogP contribution in [0.5, 0.6) is 5.75 Å². The van der Waals surface area contributed by atoms with E-state index in [2.05, 4.69) is 10.3 Å². The van der Waals surface area contributed by atoms with E-state index in [9.17, 15) is 19.8 Å². The molecule has 1 aliphatic rings. The zero-order valence-corrected chi connectivity index (χ0v) is 16.6. The maximum Gasteiger partial charge on any atom is 0.331 e. The van der Waals surface area contributed by atoms with Crippen LogP contribution in [0.15, 0.2) is 47.5 Å². The van der Waals surface area contributed by atoms with Crippen molar-refractivity contribution in [3.05, 3.63) is 53.1 Å². The van der Waals surface area contributed by atoms with Crippen LogP contribution in [0.25, 0.3) is 11.1 Å². The summed E-state index contributed by atoms with van der Waals surface area (Å²) in [5, 5.41) is 21.9. The van der Waals surface area contributed by atoms with Gasteiger partial charge in [-0.3, -0.25) is 9.79 Å². The first-order valence-corrected chi connectivity index (χ1v) is 9.90. The summed E-state index contributed by atoms with van der Waals surface area (Å²) in [7, 11) is 0. The summed E-state index contributed by atoms with van der Waals surface area (Å²) in [5.74, 6) is -1.14. The van der Waals surface area contributed by atoms with E-state index in [0.717, 1.165) is 16.7 Å². The van der Waals surface area contributed by atoms with E-state index in [1.165, 1.54) is 17.8 Å². The number of nitrogens with zero attached hydrogens (tertiary/aromatic N) is 1. The maximum atomic E-state index is 12.2. The first-order chi connectivity index (χ1) is 13.3. The number of phenols is 1. The number of aryl methyl sites for hydroxylation is 1. The summed E-state index contributed by atoms with van der Waals surface area (Å²) in [6, 6.07) is 11.5. The lowest BCUT2D eigenvalue weighted by atomic mass is 10.0. The Bertz CT molecular complexity index is 930. The lowest BCUT2D eigenvalue weighted by molar-refractivity contribution is -0.138. The third kappa shape index (κ3) is 4.85. The molecule has 3 N–H and O–H groups in total. The van der Waals surface area contributed by atoms with Gasteiger partial charge in [-0.05, 0) is 42.7 Å². The van der Waals surface area contributed by atoms with Crippen LogP contribution in [-0.4, -0.2) is 38.5 Å². The monoisotopic (exact) mass is 418 g/mol. The first kappa shape index (κ1) is 20.2. The summed E-state index contributed by atoms with van der Waals surface area (Å²) in [4.78, 5) is 27.4. The number of carboxylic acids is 1. The smallest absolute Gasteiger partial charge is 0.331 e. The van der Waals surface area contributed by atoms with Gasteiger partial charge in [-0.2, -0.15) is 0 Å². The Kier molecular flexibility index (Phi) is 6.26. The van der Waals surface area contributed by atoms with Crippen molar-refractivity contribution >= 4 is 40.3 Å². The average molecular weight is 419 g/mol. The number of thioether (sulfide) groups is 1. The number of aliphatic carboxylic acids is 1. The van der Waals surface area contributed by atoms with E-state index in [-0.39, 0.29) is 18.1 Å². The first-order valence-electron chi connectivity index (χ1n) is 8.64. The summed E-state index contributed by atoms with van der Waals surface area (Å²) in [6.07, 6.45) is 0.784. The van der Waals surface area contributed by atoms with Crippen molar-refractivity contribution in [2.75, 3.05) is 0 Å². The minimum absolute atomic E-state index is 0.113. The highest BCUT2D eigenvalue weighted by molar-refractivity contribution is 8.14. The second kappa shape index (κ2) is 8.67. The Labute approximate surface area is 171 Å². The molecule has 3 rings (SSSR count). The summed E-state index contributed by atoms with van der Waals surface area (Å²) < 4.78 is 0. The lowest BCUT2D eigenvalue weighted by Crippen LogP contribution is -2.41. The number of benzene rings is 2. The van der Waals surface area contributed by atoms with Crippen molar-refractivity contribution in [1.82, 2.24) is 5.32 Å². The Balaban J connectivity index is 1.56. The van der Waals surface area contributed by atoms with Gasteiger partial charge < -0.3 is 15.5 Å². The van der Waals surface area contributed by atoms with Crippen LogP contribution < -0.4 is 5.32 Å². The van der Waals surface area contributed by atoms with Gasteiger partial charge >= 0.3 is 5.97 Å². The standard InChI is InChI=1S/C20H19ClN2O4S/c1-11-22-18(20(26)27)19(28-11)23-17(25)9-4-12-2-5-13(6-3-12)15-8-7-14(24)10-16(15)21/h2-3,5-8,10,18-19,24H,4,9H2,1H3,(H,23,25)(H,26,27). The molecule has 2 unspecified atom stereocenters. The zero-order valence-electron chi connectivity index (χ0n) is 15.1. The molecule has 0 radical (unpaired) electrons. The van der Waals surface area contributed by atoms with E-state index < -0.39 is 17.4 Å². The Morgan fingerprint density at radius 1 is 1.21 bits per heavy atom. The van der Waals surface area contributed by atoms with Crippen molar-refractivity contribution in [2.45, 2.75) is 31.2 Å². The molecular weight excluding hydrogens is 400 g/mol. The van der Waals surface area contributed by atoms with E-state index in [4.69, 9.17) is 11.6 Å². The molecule has 1 amide bonds. The molecule has 1 heterocycles. The molecule has 0 saturated heterocycles. The predicted octanol–water partition coefficient (Wildman–Crippen LogP) is 3.71. The second-order valence-corrected chi connectivity index (χ2v) is 8.14. The second-order valence-electron chi connectivity index (χ2n) is 6.40. The highest BCUT2D eigenvalue weighted by atomic mass is 35.5. The fourth-order valence-electron chi connectivity index (χ4n) is 2.91. The van der Waals surface area contributed by atoms with Gasteiger partial charge in [0.1, 0.15) is 11.1 Å². The summed E-state index contributed by atoms with van der Waals surface area (Å²) in [6.45, 7) is 1.73. The fraction of sp³-hybridized carbons (Fsp3) is 0.250. The number of halogens is 1. The molecule has 1 aliphatic heterocycles. The number of aromatic hydroxyl groups is 1. The van der Waals surface area contributed by atoms with Crippen LogP contribution in [-0.2, 0) is 16.0 Å². The third-order valence-corrected chi connectivity index (χ3v) is 5.71. The maximum absolute atomic E-state index is 12.2. The van der Waals surface area contributed by atoms with Crippen molar-refractivity contribution in [2.24, 2.45) is 4.99 Å². The molecule has 0 spiro atoms. The van der Waals surface area contributed by atoms with Gasteiger partial charge in [0, 0.05) is 12.0 Å². The van der Waals surface area contributed by atoms with E-state index in [1.54, 1.807) is 19.1 Å². The molecule has 0 fully saturated rings. The van der Waals surface area contributed by atoms with Crippen molar-refractivity contribution in [1.29, 1.82) is 0 Å². The molecule has 0 aromatic heterocycles. The molecule has 8 heteroatoms. The summed E-state index contributed by atoms with van der Waals surface area (Å²) in [5.41, 5.74) is 2.71. The van der Waals surface area contributed by atoms with E-state index in [1.807, 2.05) is 24.3 Å². The van der Waals surface area contributed by atoms with Crippen LogP contribution in [0, 0.1) is 0 Å². The lowest BCUT2D eigenvalue weighted by Gasteiger charge is -2.15. The van der Waals surface area contributed by atoms with Gasteiger partial charge in [-0.15, -0.1) is 0 Å². The molecule has 0 aliphatic carbocycles. The molecular formula is C20H19ClN2O4S. The van der Waals surface area contributed by atoms with Crippen LogP contribution in [0.2, 0.25) is 5.02 Å². The minimum Gasteiger partial charge on any atom is -0.508 e. The van der Waals surface area contributed by atoms with Gasteiger partial charge in [0.25, 0.3) is 0 Å². The van der Waals surface area contributed by atoms with Crippen LogP contribution in [0.1, 0.15) is 18.9 Å². The molecule has 2 atom stereocenters. The Hall–Kier alpha value is -2.51. The molecule has 28 heavy (non-hydrogen) atoms. The number of hydrogen-bond acceptors (Lipinski definition) is 5. The summed E-state index contributed by atoms with van der Waals surface area (Å²) >= 11 is 7.43. The number of carbonyl (C=O) groups excluding carboxylic acids is 1. The molecule has 2 aromatic carbocycles. The quantitative estimate of drug-likeness (QED) is 0.664. The van der Waals surface area contributed by atoms with Gasteiger partial charge in [0.15, 0.2) is 6.04 Å². The highest BCUT2D eigenvalue weighted by Crippen LogP contribution is 2.31. The van der Waals surface area contributed by atoms with Crippen molar-refractivity contribution in [3.63, 3.8) is 0 Å². The molecule has 6 nitrogen and oxygen atoms in total. The molecule has 2 aromatic rings. The van der Waals surface area contributed by atoms with Crippen molar-refractivity contribution in [3.8, 4) is 16.9 Å². The van der Waals surface area contributed by atoms with Crippen molar-refractivity contribution < 1.29 is 19.8 Å². The SMILES string of the molecule is CC1=NC(C(=O)O)C(NC(=O)CCc2ccc(-c3ccc(O)cc3Cl)cc2)S1. The normalized spacial score (nSPS) is 18.6. The van der Waals surface area contributed by atoms with E-state index in [0.29, 0.717) is 16.5 Å². The number of nitrogens with one attached hydrogen (secondary N) is 1. The minimum atomic E-state index is -1.04. The van der Waals surface area contributed by atoms with Crippen LogP contribution in [0.4, 0.5) is 0 Å². The third-order valence-electron chi connectivity index (χ3n) is 4.32. The Morgan fingerprint density at radius 2 is 1.93 bits per heavy atom. The molecule has 0 saturated carbocycles. The van der Waals surface area contributed by atoms with Crippen LogP contribution in [0.3, 0.4) is 0 Å². The van der Waals surface area contributed by atoms with Crippen LogP contribution >= 0.6 is 23.4 Å². The highest BCUT2D eigenvalue weighted by Gasteiger charge is 2.34. The van der Waals surface area contributed by atoms with E-state index >= 15 is 0 Å². The average Bonchev–Trinajstić information content (AvgIpc) is 3.01. The van der Waals surface area contributed by atoms with Gasteiger partial charge in [-0.25, -0.2) is 4.79 Å². The van der Waals surface area contributed by atoms with Gasteiger partial charge in [-0.1, -0.05) is 47.6 Å². The number of carboxylic acid groups (broad SMARTS) is 1. The fourth-order valence-corrected chi connectivity index (χ4v) is 4.24. The number of hydrogen-bond donors (Lipinski definition) is 3. The predicted molar refractivity (Wildman–Crippen MR) is 111 cm³/mol. The zero-order chi connectivity index (χ0) is 20.3. The number of phenolic OH excluding ortho intramolecular Hbond substituents is 1. The molecule has 146 valence electrons. The van der Waals surface area contributed by atoms with Gasteiger partial charge in [0.05, 0.1) is 10.1 Å². The molecule has 0 bridgehead atoms.